The number of hydrogen-bond acceptors (Lipinski definition) is 9. The van der Waals surface area contributed by atoms with Gasteiger partial charge >= 0.3 is 24.3 Å². The molecule has 4 aromatic rings. The lowest BCUT2D eigenvalue weighted by Gasteiger charge is -2.30. The third-order valence-corrected chi connectivity index (χ3v) is 7.76. The maximum Gasteiger partial charge on any atom is 0.416 e. The Labute approximate surface area is 280 Å². The van der Waals surface area contributed by atoms with E-state index in [4.69, 9.17) is 14.2 Å². The molecule has 4 rings (SSSR count). The van der Waals surface area contributed by atoms with Crippen molar-refractivity contribution in [3.8, 4) is 10.4 Å². The SMILES string of the molecule is COC(=O)c1nc(N(CC(Cc2ccc(C(F)(F)F)cc2)NC(=O)OC(C)(C)C)C(=O)OC(C)(C)C)sc1-c1ccc2cnccc2c1. The summed E-state index contributed by atoms with van der Waals surface area (Å²) in [5, 5.41) is 4.54. The van der Waals surface area contributed by atoms with Crippen molar-refractivity contribution >= 4 is 45.4 Å². The van der Waals surface area contributed by atoms with Crippen molar-refractivity contribution < 1.29 is 41.8 Å². The number of hydrogen-bond donors (Lipinski definition) is 1. The number of carbonyl (C=O) groups is 3. The number of carbonyl (C=O) groups excluding carboxylic acids is 3. The van der Waals surface area contributed by atoms with E-state index in [-0.39, 0.29) is 23.8 Å². The van der Waals surface area contributed by atoms with Gasteiger partial charge in [-0.15, -0.1) is 0 Å². The van der Waals surface area contributed by atoms with Crippen LogP contribution < -0.4 is 10.2 Å². The van der Waals surface area contributed by atoms with Gasteiger partial charge in [0.1, 0.15) is 11.2 Å². The number of anilines is 1. The number of methoxy groups -OCH3 is 1. The Morgan fingerprint density at radius 2 is 1.58 bits per heavy atom. The zero-order chi connectivity index (χ0) is 35.4. The fraction of sp³-hybridized carbons (Fsp3) is 0.382. The molecular weight excluding hydrogens is 649 g/mol. The van der Waals surface area contributed by atoms with Crippen LogP contribution in [0.25, 0.3) is 21.2 Å². The molecule has 0 saturated carbocycles. The van der Waals surface area contributed by atoms with Gasteiger partial charge in [-0.05, 0) is 88.7 Å². The Bertz CT molecular complexity index is 1780. The molecule has 2 aromatic carbocycles. The molecule has 0 aliphatic rings. The number of pyridine rings is 1. The maximum absolute atomic E-state index is 13.8. The van der Waals surface area contributed by atoms with Gasteiger partial charge < -0.3 is 19.5 Å². The molecule has 1 N–H and O–H groups in total. The fourth-order valence-electron chi connectivity index (χ4n) is 4.60. The maximum atomic E-state index is 13.8. The first-order chi connectivity index (χ1) is 22.3. The summed E-state index contributed by atoms with van der Waals surface area (Å²) in [6.45, 7) is 9.83. The molecule has 0 bridgehead atoms. The number of thiazole rings is 1. The molecule has 2 aromatic heterocycles. The van der Waals surface area contributed by atoms with Gasteiger partial charge in [-0.2, -0.15) is 13.2 Å². The van der Waals surface area contributed by atoms with Crippen LogP contribution in [0.1, 0.15) is 63.2 Å². The highest BCUT2D eigenvalue weighted by molar-refractivity contribution is 7.19. The largest absolute Gasteiger partial charge is 0.464 e. The molecule has 256 valence electrons. The molecule has 2 heterocycles. The highest BCUT2D eigenvalue weighted by atomic mass is 32.1. The lowest BCUT2D eigenvalue weighted by Crippen LogP contribution is -2.49. The first-order valence-electron chi connectivity index (χ1n) is 14.9. The summed E-state index contributed by atoms with van der Waals surface area (Å²) < 4.78 is 55.9. The van der Waals surface area contributed by atoms with Gasteiger partial charge in [0.2, 0.25) is 0 Å². The van der Waals surface area contributed by atoms with Crippen LogP contribution in [0.4, 0.5) is 27.9 Å². The van der Waals surface area contributed by atoms with Crippen molar-refractivity contribution in [2.75, 3.05) is 18.6 Å². The van der Waals surface area contributed by atoms with Gasteiger partial charge in [0.05, 0.1) is 30.1 Å². The Hall–Kier alpha value is -4.72. The van der Waals surface area contributed by atoms with Crippen LogP contribution in [0.2, 0.25) is 0 Å². The number of esters is 1. The van der Waals surface area contributed by atoms with E-state index in [1.54, 1.807) is 60.0 Å². The van der Waals surface area contributed by atoms with E-state index in [1.807, 2.05) is 18.2 Å². The van der Waals surface area contributed by atoms with Crippen LogP contribution in [0.5, 0.6) is 0 Å². The number of halogens is 3. The van der Waals surface area contributed by atoms with Gasteiger partial charge in [0.15, 0.2) is 10.8 Å². The summed E-state index contributed by atoms with van der Waals surface area (Å²) in [4.78, 5) is 49.9. The number of amides is 2. The van der Waals surface area contributed by atoms with E-state index < -0.39 is 47.1 Å². The van der Waals surface area contributed by atoms with E-state index in [2.05, 4.69) is 15.3 Å². The Morgan fingerprint density at radius 1 is 0.917 bits per heavy atom. The summed E-state index contributed by atoms with van der Waals surface area (Å²) in [5.74, 6) is -0.736. The number of fused-ring (bicyclic) bond motifs is 1. The zero-order valence-corrected chi connectivity index (χ0v) is 28.4. The first kappa shape index (κ1) is 36.1. The summed E-state index contributed by atoms with van der Waals surface area (Å²) >= 11 is 1.04. The second-order valence-corrected chi connectivity index (χ2v) is 13.9. The van der Waals surface area contributed by atoms with E-state index in [0.717, 1.165) is 34.2 Å². The van der Waals surface area contributed by atoms with Crippen molar-refractivity contribution in [1.29, 1.82) is 0 Å². The van der Waals surface area contributed by atoms with Crippen molar-refractivity contribution in [3.63, 3.8) is 0 Å². The minimum absolute atomic E-state index is 0.0114. The van der Waals surface area contributed by atoms with E-state index in [1.165, 1.54) is 24.1 Å². The topological polar surface area (TPSA) is 120 Å². The van der Waals surface area contributed by atoms with Crippen LogP contribution in [-0.2, 0) is 26.8 Å². The molecule has 1 unspecified atom stereocenters. The molecule has 0 saturated heterocycles. The van der Waals surface area contributed by atoms with Crippen LogP contribution >= 0.6 is 11.3 Å². The quantitative estimate of drug-likeness (QED) is 0.146. The number of aromatic nitrogens is 2. The smallest absolute Gasteiger partial charge is 0.416 e. The number of benzene rings is 2. The minimum atomic E-state index is -4.53. The highest BCUT2D eigenvalue weighted by Gasteiger charge is 2.33. The molecule has 1 atom stereocenters. The molecule has 14 heteroatoms. The summed E-state index contributed by atoms with van der Waals surface area (Å²) in [6, 6.07) is 10.9. The molecule has 10 nitrogen and oxygen atoms in total. The normalized spacial score (nSPS) is 12.7. The standard InChI is InChI=1S/C34H37F3N4O6S/c1-32(2,3)46-30(43)39-25(16-20-8-12-24(13-9-20)34(35,36)37)19-41(31(44)47-33(4,5)6)29-40-26(28(42)45-7)27(48-29)22-10-11-23-18-38-15-14-21(23)17-22/h8-15,17-18,25H,16,19H2,1-7H3,(H,39,43). The second-order valence-electron chi connectivity index (χ2n) is 12.9. The number of rotatable bonds is 8. The van der Waals surface area contributed by atoms with E-state index >= 15 is 0 Å². The second kappa shape index (κ2) is 14.2. The van der Waals surface area contributed by atoms with Gasteiger partial charge in [0, 0.05) is 17.8 Å². The van der Waals surface area contributed by atoms with E-state index in [0.29, 0.717) is 16.0 Å². The van der Waals surface area contributed by atoms with Gasteiger partial charge in [-0.3, -0.25) is 9.88 Å². The summed E-state index contributed by atoms with van der Waals surface area (Å²) in [5.41, 5.74) is -1.57. The lowest BCUT2D eigenvalue weighted by atomic mass is 10.0. The zero-order valence-electron chi connectivity index (χ0n) is 27.6. The molecular formula is C34H37F3N4O6S. The number of ether oxygens (including phenoxy) is 3. The minimum Gasteiger partial charge on any atom is -0.464 e. The third-order valence-electron chi connectivity index (χ3n) is 6.63. The average Bonchev–Trinajstić information content (AvgIpc) is 3.42. The van der Waals surface area contributed by atoms with Crippen molar-refractivity contribution in [2.45, 2.75) is 71.4 Å². The number of alkyl halides is 3. The summed E-state index contributed by atoms with van der Waals surface area (Å²) in [6.07, 6.45) is -2.79. The average molecular weight is 687 g/mol. The number of nitrogens with one attached hydrogen (secondary N) is 1. The number of nitrogens with zero attached hydrogens (tertiary/aromatic N) is 3. The molecule has 0 fully saturated rings. The summed E-state index contributed by atoms with van der Waals surface area (Å²) in [7, 11) is 1.22. The molecule has 0 spiro atoms. The predicted molar refractivity (Wildman–Crippen MR) is 176 cm³/mol. The molecule has 48 heavy (non-hydrogen) atoms. The van der Waals surface area contributed by atoms with Gasteiger partial charge in [-0.1, -0.05) is 35.6 Å². The van der Waals surface area contributed by atoms with Gasteiger partial charge in [0.25, 0.3) is 0 Å². The fourth-order valence-corrected chi connectivity index (χ4v) is 5.65. The Kier molecular flexibility index (Phi) is 10.7. The lowest BCUT2D eigenvalue weighted by molar-refractivity contribution is -0.137. The molecule has 0 aliphatic heterocycles. The molecule has 0 radical (unpaired) electrons. The van der Waals surface area contributed by atoms with Gasteiger partial charge in [-0.25, -0.2) is 19.4 Å². The third kappa shape index (κ3) is 9.66. The Balaban J connectivity index is 1.78. The molecule has 2 amide bonds. The van der Waals surface area contributed by atoms with Crippen molar-refractivity contribution in [1.82, 2.24) is 15.3 Å². The Morgan fingerprint density at radius 3 is 2.19 bits per heavy atom. The van der Waals surface area contributed by atoms with Crippen LogP contribution in [0.3, 0.4) is 0 Å². The monoisotopic (exact) mass is 686 g/mol. The van der Waals surface area contributed by atoms with Crippen molar-refractivity contribution in [2.24, 2.45) is 0 Å². The molecule has 0 aliphatic carbocycles. The number of alkyl carbamates (subject to hydrolysis) is 1. The highest BCUT2D eigenvalue weighted by Crippen LogP contribution is 2.37. The van der Waals surface area contributed by atoms with Crippen LogP contribution in [0, 0.1) is 0 Å². The van der Waals surface area contributed by atoms with E-state index in [9.17, 15) is 27.6 Å². The predicted octanol–water partition coefficient (Wildman–Crippen LogP) is 8.04. The van der Waals surface area contributed by atoms with Crippen molar-refractivity contribution in [3.05, 3.63) is 77.7 Å². The first-order valence-corrected chi connectivity index (χ1v) is 15.7. The van der Waals surface area contributed by atoms with Crippen LogP contribution in [0.15, 0.2) is 60.9 Å². The van der Waals surface area contributed by atoms with Crippen LogP contribution in [-0.4, -0.2) is 59.0 Å².